The van der Waals surface area contributed by atoms with E-state index in [4.69, 9.17) is 16.2 Å². The van der Waals surface area contributed by atoms with Crippen molar-refractivity contribution in [1.29, 1.82) is 0 Å². The third-order valence-corrected chi connectivity index (χ3v) is 4.71. The van der Waals surface area contributed by atoms with Gasteiger partial charge < -0.3 is 20.7 Å². The van der Waals surface area contributed by atoms with Crippen LogP contribution in [0.15, 0.2) is 18.2 Å². The van der Waals surface area contributed by atoms with E-state index in [1.165, 1.54) is 26.2 Å². The van der Waals surface area contributed by atoms with Crippen LogP contribution < -0.4 is 11.5 Å². The summed E-state index contributed by atoms with van der Waals surface area (Å²) in [6, 6.07) is 5.69. The summed E-state index contributed by atoms with van der Waals surface area (Å²) >= 11 is 0. The molecule has 0 radical (unpaired) electrons. The summed E-state index contributed by atoms with van der Waals surface area (Å²) in [4.78, 5) is 2.56. The van der Waals surface area contributed by atoms with Gasteiger partial charge in [-0.3, -0.25) is 4.90 Å². The number of nitrogen functional groups attached to an aromatic ring is 2. The molecule has 23 heavy (non-hydrogen) atoms. The Morgan fingerprint density at radius 2 is 1.78 bits per heavy atom. The average molecular weight is 321 g/mol. The molecule has 5 heteroatoms. The standard InChI is InChI=1S/C18H33N4O/c1-22(2)11-9-21(10-12-22)8-4-14-23-13-3-5-16-15-17(19)6-7-18(16)20/h6-7,15H,3-5,8-14,19-20H2,1-2H3/q+1. The molecule has 1 aromatic rings. The second kappa shape index (κ2) is 8.52. The Labute approximate surface area is 140 Å². The largest absolute Gasteiger partial charge is 0.399 e. The lowest BCUT2D eigenvalue weighted by Crippen LogP contribution is -2.54. The first kappa shape index (κ1) is 18.0. The Kier molecular flexibility index (Phi) is 6.69. The Hall–Kier alpha value is -1.30. The van der Waals surface area contributed by atoms with Crippen LogP contribution in [0.3, 0.4) is 0 Å². The fourth-order valence-electron chi connectivity index (χ4n) is 2.97. The van der Waals surface area contributed by atoms with Crippen LogP contribution in [0.5, 0.6) is 0 Å². The van der Waals surface area contributed by atoms with Gasteiger partial charge in [-0.05, 0) is 43.0 Å². The van der Waals surface area contributed by atoms with Crippen LogP contribution in [0.2, 0.25) is 0 Å². The lowest BCUT2D eigenvalue weighted by molar-refractivity contribution is -0.894. The molecule has 1 aliphatic heterocycles. The molecule has 2 rings (SSSR count). The topological polar surface area (TPSA) is 64.5 Å². The molecule has 0 bridgehead atoms. The number of quaternary nitrogens is 1. The molecule has 0 amide bonds. The van der Waals surface area contributed by atoms with Gasteiger partial charge in [0, 0.05) is 44.2 Å². The highest BCUT2D eigenvalue weighted by Gasteiger charge is 2.23. The lowest BCUT2D eigenvalue weighted by atomic mass is 10.1. The number of hydrogen-bond acceptors (Lipinski definition) is 4. The van der Waals surface area contributed by atoms with Crippen molar-refractivity contribution in [2.24, 2.45) is 0 Å². The lowest BCUT2D eigenvalue weighted by Gasteiger charge is -2.39. The van der Waals surface area contributed by atoms with Gasteiger partial charge in [0.1, 0.15) is 0 Å². The third kappa shape index (κ3) is 6.37. The Morgan fingerprint density at radius 3 is 2.52 bits per heavy atom. The van der Waals surface area contributed by atoms with Crippen molar-refractivity contribution < 1.29 is 9.22 Å². The summed E-state index contributed by atoms with van der Waals surface area (Å²) in [5.74, 6) is 0. The van der Waals surface area contributed by atoms with E-state index in [1.54, 1.807) is 0 Å². The van der Waals surface area contributed by atoms with Crippen molar-refractivity contribution in [3.05, 3.63) is 23.8 Å². The molecule has 1 heterocycles. The predicted molar refractivity (Wildman–Crippen MR) is 97.3 cm³/mol. The number of likely N-dealkylation sites (N-methyl/N-ethyl adjacent to an activating group) is 1. The van der Waals surface area contributed by atoms with E-state index >= 15 is 0 Å². The van der Waals surface area contributed by atoms with Crippen molar-refractivity contribution in [3.8, 4) is 0 Å². The Bertz CT molecular complexity index is 480. The zero-order valence-corrected chi connectivity index (χ0v) is 14.8. The molecule has 0 unspecified atom stereocenters. The number of piperazine rings is 1. The highest BCUT2D eigenvalue weighted by Crippen LogP contribution is 2.17. The van der Waals surface area contributed by atoms with Gasteiger partial charge >= 0.3 is 0 Å². The molecular weight excluding hydrogens is 288 g/mol. The minimum atomic E-state index is 0.776. The molecule has 0 saturated carbocycles. The van der Waals surface area contributed by atoms with E-state index < -0.39 is 0 Å². The van der Waals surface area contributed by atoms with E-state index in [-0.39, 0.29) is 0 Å². The summed E-state index contributed by atoms with van der Waals surface area (Å²) in [5, 5.41) is 0. The van der Waals surface area contributed by atoms with E-state index in [2.05, 4.69) is 19.0 Å². The molecule has 1 aromatic carbocycles. The molecule has 0 atom stereocenters. The maximum absolute atomic E-state index is 5.95. The average Bonchev–Trinajstić information content (AvgIpc) is 2.51. The van der Waals surface area contributed by atoms with Gasteiger partial charge in [-0.25, -0.2) is 0 Å². The first-order valence-corrected chi connectivity index (χ1v) is 8.72. The smallest absolute Gasteiger partial charge is 0.0912 e. The molecule has 130 valence electrons. The molecule has 1 fully saturated rings. The maximum atomic E-state index is 5.95. The van der Waals surface area contributed by atoms with Gasteiger partial charge in [0.25, 0.3) is 0 Å². The van der Waals surface area contributed by atoms with Crippen LogP contribution >= 0.6 is 0 Å². The van der Waals surface area contributed by atoms with Crippen LogP contribution in [0.1, 0.15) is 18.4 Å². The van der Waals surface area contributed by atoms with Gasteiger partial charge in [-0.15, -0.1) is 0 Å². The minimum absolute atomic E-state index is 0.776. The summed E-state index contributed by atoms with van der Waals surface area (Å²) < 4.78 is 6.91. The first-order chi connectivity index (χ1) is 11.0. The molecule has 0 aliphatic carbocycles. The maximum Gasteiger partial charge on any atom is 0.0912 e. The van der Waals surface area contributed by atoms with Gasteiger partial charge in [0.05, 0.1) is 27.2 Å². The van der Waals surface area contributed by atoms with Gasteiger partial charge in [0.15, 0.2) is 0 Å². The van der Waals surface area contributed by atoms with E-state index in [9.17, 15) is 0 Å². The number of anilines is 2. The summed E-state index contributed by atoms with van der Waals surface area (Å²) in [5.41, 5.74) is 14.5. The SMILES string of the molecule is C[N+]1(C)CCN(CCCOCCCc2cc(N)ccc2N)CC1. The van der Waals surface area contributed by atoms with Gasteiger partial charge in [-0.2, -0.15) is 0 Å². The number of rotatable bonds is 8. The van der Waals surface area contributed by atoms with Crippen molar-refractivity contribution in [2.45, 2.75) is 19.3 Å². The zero-order chi connectivity index (χ0) is 16.7. The zero-order valence-electron chi connectivity index (χ0n) is 14.8. The second-order valence-electron chi connectivity index (χ2n) is 7.25. The fraction of sp³-hybridized carbons (Fsp3) is 0.667. The molecule has 1 saturated heterocycles. The second-order valence-corrected chi connectivity index (χ2v) is 7.25. The van der Waals surface area contributed by atoms with Crippen molar-refractivity contribution in [2.75, 3.05) is 71.5 Å². The number of ether oxygens (including phenoxy) is 1. The first-order valence-electron chi connectivity index (χ1n) is 8.72. The Balaban J connectivity index is 1.51. The molecule has 5 nitrogen and oxygen atoms in total. The van der Waals surface area contributed by atoms with Crippen LogP contribution in [0.4, 0.5) is 11.4 Å². The van der Waals surface area contributed by atoms with Crippen molar-refractivity contribution in [3.63, 3.8) is 0 Å². The van der Waals surface area contributed by atoms with Crippen LogP contribution in [0.25, 0.3) is 0 Å². The number of hydrogen-bond donors (Lipinski definition) is 2. The third-order valence-electron chi connectivity index (χ3n) is 4.71. The molecule has 4 N–H and O–H groups in total. The van der Waals surface area contributed by atoms with Crippen molar-refractivity contribution in [1.82, 2.24) is 4.90 Å². The number of benzene rings is 1. The van der Waals surface area contributed by atoms with Crippen LogP contribution in [-0.4, -0.2) is 69.4 Å². The molecule has 0 spiro atoms. The molecule has 0 aromatic heterocycles. The quantitative estimate of drug-likeness (QED) is 0.433. The predicted octanol–water partition coefficient (Wildman–Crippen LogP) is 1.58. The highest BCUT2D eigenvalue weighted by molar-refractivity contribution is 5.55. The molecular formula is C18H33N4O+. The number of aryl methyl sites for hydroxylation is 1. The summed E-state index contributed by atoms with van der Waals surface area (Å²) in [7, 11) is 4.63. The van der Waals surface area contributed by atoms with Gasteiger partial charge in [-0.1, -0.05) is 0 Å². The summed E-state index contributed by atoms with van der Waals surface area (Å²) in [6.07, 6.45) is 3.03. The molecule has 1 aliphatic rings. The highest BCUT2D eigenvalue weighted by atomic mass is 16.5. The van der Waals surface area contributed by atoms with Crippen molar-refractivity contribution >= 4 is 11.4 Å². The van der Waals surface area contributed by atoms with Crippen LogP contribution in [0, 0.1) is 0 Å². The monoisotopic (exact) mass is 321 g/mol. The fourth-order valence-corrected chi connectivity index (χ4v) is 2.97. The Morgan fingerprint density at radius 1 is 1.09 bits per heavy atom. The van der Waals surface area contributed by atoms with E-state index in [1.807, 2.05) is 18.2 Å². The summed E-state index contributed by atoms with van der Waals surface area (Å²) in [6.45, 7) is 7.72. The number of nitrogens with two attached hydrogens (primary N) is 2. The normalized spacial score (nSPS) is 18.2. The number of nitrogens with zero attached hydrogens (tertiary/aromatic N) is 2. The van der Waals surface area contributed by atoms with Gasteiger partial charge in [0.2, 0.25) is 0 Å². The van der Waals surface area contributed by atoms with Crippen LogP contribution in [-0.2, 0) is 11.2 Å². The van der Waals surface area contributed by atoms with E-state index in [0.717, 1.165) is 60.4 Å². The minimum Gasteiger partial charge on any atom is -0.399 e. The van der Waals surface area contributed by atoms with E-state index in [0.29, 0.717) is 0 Å².